The molecule has 0 spiro atoms. The van der Waals surface area contributed by atoms with Gasteiger partial charge in [-0.1, -0.05) is 0 Å². The van der Waals surface area contributed by atoms with E-state index in [1.54, 1.807) is 17.0 Å². The summed E-state index contributed by atoms with van der Waals surface area (Å²) in [5.74, 6) is 0.305. The molecule has 1 atom stereocenters. The highest BCUT2D eigenvalue weighted by atomic mass is 16.5. The SMILES string of the molecule is Cc1ccc(C=CC(=O)N2CCOC(CC(=O)O)C2)o1. The van der Waals surface area contributed by atoms with Gasteiger partial charge in [-0.2, -0.15) is 0 Å². The minimum absolute atomic E-state index is 0.0924. The summed E-state index contributed by atoms with van der Waals surface area (Å²) in [6, 6.07) is 3.60. The van der Waals surface area contributed by atoms with Crippen molar-refractivity contribution in [1.29, 1.82) is 0 Å². The number of hydrogen-bond donors (Lipinski definition) is 1. The summed E-state index contributed by atoms with van der Waals surface area (Å²) < 4.78 is 10.7. The van der Waals surface area contributed by atoms with E-state index in [2.05, 4.69) is 0 Å². The van der Waals surface area contributed by atoms with Gasteiger partial charge in [0.15, 0.2) is 0 Å². The normalized spacial score (nSPS) is 19.4. The monoisotopic (exact) mass is 279 g/mol. The Bertz CT molecular complexity index is 519. The van der Waals surface area contributed by atoms with Gasteiger partial charge in [0.05, 0.1) is 19.1 Å². The van der Waals surface area contributed by atoms with Gasteiger partial charge < -0.3 is 19.2 Å². The average molecular weight is 279 g/mol. The van der Waals surface area contributed by atoms with Crippen LogP contribution in [0.3, 0.4) is 0 Å². The van der Waals surface area contributed by atoms with Crippen LogP contribution in [-0.4, -0.2) is 47.7 Å². The van der Waals surface area contributed by atoms with Crippen molar-refractivity contribution < 1.29 is 23.8 Å². The maximum atomic E-state index is 12.0. The molecule has 108 valence electrons. The van der Waals surface area contributed by atoms with E-state index < -0.39 is 12.1 Å². The highest BCUT2D eigenvalue weighted by Gasteiger charge is 2.24. The Morgan fingerprint density at radius 3 is 2.95 bits per heavy atom. The molecule has 0 radical (unpaired) electrons. The van der Waals surface area contributed by atoms with Crippen LogP contribution in [0, 0.1) is 6.92 Å². The second-order valence-electron chi connectivity index (χ2n) is 4.66. The first-order valence-electron chi connectivity index (χ1n) is 6.41. The fourth-order valence-corrected chi connectivity index (χ4v) is 2.04. The minimum Gasteiger partial charge on any atom is -0.481 e. The third kappa shape index (κ3) is 3.96. The molecule has 1 aromatic rings. The number of morpholine rings is 1. The summed E-state index contributed by atoms with van der Waals surface area (Å²) in [6.45, 7) is 2.96. The van der Waals surface area contributed by atoms with Gasteiger partial charge >= 0.3 is 5.97 Å². The van der Waals surface area contributed by atoms with Crippen LogP contribution >= 0.6 is 0 Å². The number of carboxylic acid groups (broad SMARTS) is 1. The number of furan rings is 1. The van der Waals surface area contributed by atoms with Crippen molar-refractivity contribution in [2.24, 2.45) is 0 Å². The van der Waals surface area contributed by atoms with E-state index in [0.717, 1.165) is 5.76 Å². The number of carbonyl (C=O) groups is 2. The maximum Gasteiger partial charge on any atom is 0.306 e. The van der Waals surface area contributed by atoms with Crippen LogP contribution in [0.4, 0.5) is 0 Å². The minimum atomic E-state index is -0.925. The van der Waals surface area contributed by atoms with Gasteiger partial charge in [-0.25, -0.2) is 0 Å². The van der Waals surface area contributed by atoms with Crippen LogP contribution < -0.4 is 0 Å². The summed E-state index contributed by atoms with van der Waals surface area (Å²) >= 11 is 0. The summed E-state index contributed by atoms with van der Waals surface area (Å²) in [4.78, 5) is 24.2. The van der Waals surface area contributed by atoms with Crippen molar-refractivity contribution >= 4 is 18.0 Å². The van der Waals surface area contributed by atoms with Gasteiger partial charge in [0, 0.05) is 19.2 Å². The first-order valence-corrected chi connectivity index (χ1v) is 6.41. The quantitative estimate of drug-likeness (QED) is 0.840. The van der Waals surface area contributed by atoms with Crippen molar-refractivity contribution in [3.05, 3.63) is 29.7 Å². The molecule has 0 bridgehead atoms. The molecule has 0 aliphatic carbocycles. The van der Waals surface area contributed by atoms with E-state index in [9.17, 15) is 9.59 Å². The van der Waals surface area contributed by atoms with Crippen LogP contribution in [-0.2, 0) is 14.3 Å². The summed E-state index contributed by atoms with van der Waals surface area (Å²) in [6.07, 6.45) is 2.51. The number of carbonyl (C=O) groups excluding carboxylic acids is 1. The van der Waals surface area contributed by atoms with Crippen molar-refractivity contribution in [3.8, 4) is 0 Å². The lowest BCUT2D eigenvalue weighted by Crippen LogP contribution is -2.45. The largest absolute Gasteiger partial charge is 0.481 e. The fourth-order valence-electron chi connectivity index (χ4n) is 2.04. The molecule has 1 aliphatic rings. The fraction of sp³-hybridized carbons (Fsp3) is 0.429. The van der Waals surface area contributed by atoms with Crippen LogP contribution in [0.2, 0.25) is 0 Å². The molecule has 6 nitrogen and oxygen atoms in total. The van der Waals surface area contributed by atoms with Gasteiger partial charge in [0.2, 0.25) is 5.91 Å². The second kappa shape index (κ2) is 6.38. The average Bonchev–Trinajstić information content (AvgIpc) is 2.81. The number of aliphatic carboxylic acids is 1. The number of aryl methyl sites for hydroxylation is 1. The lowest BCUT2D eigenvalue weighted by molar-refractivity contribution is -0.145. The Kier molecular flexibility index (Phi) is 4.57. The third-order valence-corrected chi connectivity index (χ3v) is 3.00. The first kappa shape index (κ1) is 14.3. The number of nitrogens with zero attached hydrogens (tertiary/aromatic N) is 1. The van der Waals surface area contributed by atoms with Gasteiger partial charge in [-0.3, -0.25) is 9.59 Å². The molecule has 1 saturated heterocycles. The van der Waals surface area contributed by atoms with Crippen LogP contribution in [0.25, 0.3) is 6.08 Å². The zero-order valence-electron chi connectivity index (χ0n) is 11.2. The zero-order valence-corrected chi connectivity index (χ0v) is 11.2. The molecule has 2 heterocycles. The van der Waals surface area contributed by atoms with E-state index in [-0.39, 0.29) is 12.3 Å². The summed E-state index contributed by atoms with van der Waals surface area (Å²) in [5, 5.41) is 8.74. The molecule has 1 N–H and O–H groups in total. The molecule has 1 fully saturated rings. The molecule has 1 aliphatic heterocycles. The molecule has 1 aromatic heterocycles. The third-order valence-electron chi connectivity index (χ3n) is 3.00. The molecule has 0 aromatic carbocycles. The van der Waals surface area contributed by atoms with Crippen LogP contribution in [0.15, 0.2) is 22.6 Å². The van der Waals surface area contributed by atoms with Gasteiger partial charge in [-0.15, -0.1) is 0 Å². The van der Waals surface area contributed by atoms with Gasteiger partial charge in [0.25, 0.3) is 0 Å². The Morgan fingerprint density at radius 1 is 1.50 bits per heavy atom. The lowest BCUT2D eigenvalue weighted by atomic mass is 10.2. The number of ether oxygens (including phenoxy) is 1. The van der Waals surface area contributed by atoms with E-state index in [1.165, 1.54) is 6.08 Å². The summed E-state index contributed by atoms with van der Waals surface area (Å²) in [5.41, 5.74) is 0. The first-order chi connectivity index (χ1) is 9.54. The van der Waals surface area contributed by atoms with Crippen molar-refractivity contribution in [2.45, 2.75) is 19.4 Å². The topological polar surface area (TPSA) is 80.0 Å². The molecule has 0 saturated carbocycles. The molecular weight excluding hydrogens is 262 g/mol. The smallest absolute Gasteiger partial charge is 0.306 e. The zero-order chi connectivity index (χ0) is 14.5. The standard InChI is InChI=1S/C14H17NO5/c1-10-2-3-11(20-10)4-5-13(16)15-6-7-19-12(9-15)8-14(17)18/h2-5,12H,6-9H2,1H3,(H,17,18). The number of hydrogen-bond acceptors (Lipinski definition) is 4. The van der Waals surface area contributed by atoms with E-state index in [1.807, 2.05) is 13.0 Å². The number of carboxylic acids is 1. The highest BCUT2D eigenvalue weighted by Crippen LogP contribution is 2.11. The molecular formula is C14H17NO5. The Balaban J connectivity index is 1.91. The molecule has 2 rings (SSSR count). The Labute approximate surface area is 116 Å². The van der Waals surface area contributed by atoms with Crippen molar-refractivity contribution in [3.63, 3.8) is 0 Å². The van der Waals surface area contributed by atoms with Crippen molar-refractivity contribution in [2.75, 3.05) is 19.7 Å². The maximum absolute atomic E-state index is 12.0. The molecule has 1 amide bonds. The molecule has 1 unspecified atom stereocenters. The Morgan fingerprint density at radius 2 is 2.30 bits per heavy atom. The predicted molar refractivity (Wildman–Crippen MR) is 71.1 cm³/mol. The van der Waals surface area contributed by atoms with Gasteiger partial charge in [0.1, 0.15) is 11.5 Å². The van der Waals surface area contributed by atoms with Crippen molar-refractivity contribution in [1.82, 2.24) is 4.90 Å². The number of rotatable bonds is 4. The van der Waals surface area contributed by atoms with Gasteiger partial charge in [-0.05, 0) is 25.1 Å². The van der Waals surface area contributed by atoms with Crippen LogP contribution in [0.1, 0.15) is 17.9 Å². The molecule has 20 heavy (non-hydrogen) atoms. The predicted octanol–water partition coefficient (Wildman–Crippen LogP) is 1.30. The second-order valence-corrected chi connectivity index (χ2v) is 4.66. The number of amides is 1. The van der Waals surface area contributed by atoms with E-state index in [0.29, 0.717) is 25.5 Å². The lowest BCUT2D eigenvalue weighted by Gasteiger charge is -2.31. The van der Waals surface area contributed by atoms with E-state index >= 15 is 0 Å². The van der Waals surface area contributed by atoms with Crippen LogP contribution in [0.5, 0.6) is 0 Å². The Hall–Kier alpha value is -2.08. The molecule has 6 heteroatoms. The summed E-state index contributed by atoms with van der Waals surface area (Å²) in [7, 11) is 0. The van der Waals surface area contributed by atoms with E-state index in [4.69, 9.17) is 14.3 Å². The highest BCUT2D eigenvalue weighted by molar-refractivity contribution is 5.91.